The molecule has 0 radical (unpaired) electrons. The summed E-state index contributed by atoms with van der Waals surface area (Å²) >= 11 is 0. The van der Waals surface area contributed by atoms with Crippen LogP contribution in [0.3, 0.4) is 0 Å². The molecule has 21 heavy (non-hydrogen) atoms. The summed E-state index contributed by atoms with van der Waals surface area (Å²) in [5.41, 5.74) is 0.499. The van der Waals surface area contributed by atoms with Gasteiger partial charge in [0.2, 0.25) is 0 Å². The number of amides is 1. The molecule has 8 heteroatoms. The minimum atomic E-state index is -1.19. The number of hydrogen-bond acceptors (Lipinski definition) is 4. The highest BCUT2D eigenvalue weighted by atomic mass is 16.4. The fourth-order valence-electron chi connectivity index (χ4n) is 1.80. The summed E-state index contributed by atoms with van der Waals surface area (Å²) in [6, 6.07) is 1.78. The summed E-state index contributed by atoms with van der Waals surface area (Å²) in [6.07, 6.45) is 2.94. The molecule has 110 valence electrons. The van der Waals surface area contributed by atoms with Gasteiger partial charge in [0.15, 0.2) is 0 Å². The van der Waals surface area contributed by atoms with Crippen molar-refractivity contribution in [1.82, 2.24) is 20.3 Å². The standard InChI is InChI=1S/C13H14N4O4/c1-7-2-3-9(11(18)16-7)12(19)17-10(13(20)21)4-8-5-14-6-15-8/h2-3,5-6,10H,4H2,1H3,(H,14,15)(H,16,18)(H,17,19)(H,20,21)/t10-/m0/s1. The van der Waals surface area contributed by atoms with Crippen molar-refractivity contribution in [1.29, 1.82) is 0 Å². The molecule has 0 saturated heterocycles. The number of aryl methyl sites for hydroxylation is 1. The Hall–Kier alpha value is -2.90. The van der Waals surface area contributed by atoms with E-state index in [0.29, 0.717) is 11.4 Å². The van der Waals surface area contributed by atoms with Crippen LogP contribution < -0.4 is 10.9 Å². The average molecular weight is 290 g/mol. The van der Waals surface area contributed by atoms with Crippen molar-refractivity contribution in [3.05, 3.63) is 52.0 Å². The number of pyridine rings is 1. The van der Waals surface area contributed by atoms with Crippen LogP contribution in [0.4, 0.5) is 0 Å². The number of H-pyrrole nitrogens is 2. The molecule has 0 bridgehead atoms. The van der Waals surface area contributed by atoms with Gasteiger partial charge >= 0.3 is 5.97 Å². The van der Waals surface area contributed by atoms with Crippen LogP contribution in [0.2, 0.25) is 0 Å². The molecule has 0 unspecified atom stereocenters. The Labute approximate surface area is 119 Å². The van der Waals surface area contributed by atoms with Gasteiger partial charge in [-0.1, -0.05) is 0 Å². The van der Waals surface area contributed by atoms with Crippen molar-refractivity contribution in [2.24, 2.45) is 0 Å². The highest BCUT2D eigenvalue weighted by Crippen LogP contribution is 2.01. The number of carbonyl (C=O) groups is 2. The molecule has 0 fully saturated rings. The van der Waals surface area contributed by atoms with Gasteiger partial charge in [-0.2, -0.15) is 0 Å². The van der Waals surface area contributed by atoms with E-state index in [2.05, 4.69) is 20.3 Å². The Morgan fingerprint density at radius 2 is 2.19 bits per heavy atom. The number of aliphatic carboxylic acids is 1. The SMILES string of the molecule is Cc1ccc(C(=O)N[C@@H](Cc2cnc[nH]2)C(=O)O)c(=O)[nH]1. The molecule has 1 atom stereocenters. The quantitative estimate of drug-likeness (QED) is 0.608. The van der Waals surface area contributed by atoms with Crippen LogP contribution in [0, 0.1) is 6.92 Å². The molecule has 2 rings (SSSR count). The number of aromatic nitrogens is 3. The van der Waals surface area contributed by atoms with E-state index in [0.717, 1.165) is 0 Å². The van der Waals surface area contributed by atoms with Gasteiger partial charge in [-0.15, -0.1) is 0 Å². The molecule has 0 aliphatic heterocycles. The van der Waals surface area contributed by atoms with Crippen LogP contribution in [-0.2, 0) is 11.2 Å². The van der Waals surface area contributed by atoms with Gasteiger partial charge < -0.3 is 20.4 Å². The zero-order chi connectivity index (χ0) is 15.4. The molecule has 1 amide bonds. The fraction of sp³-hybridized carbons (Fsp3) is 0.231. The van der Waals surface area contributed by atoms with Crippen molar-refractivity contribution in [2.75, 3.05) is 0 Å². The number of rotatable bonds is 5. The number of carboxylic acid groups (broad SMARTS) is 1. The topological polar surface area (TPSA) is 128 Å². The second-order valence-electron chi connectivity index (χ2n) is 4.53. The zero-order valence-electron chi connectivity index (χ0n) is 11.2. The predicted octanol–water partition coefficient (Wildman–Crippen LogP) is -0.168. The number of nitrogens with one attached hydrogen (secondary N) is 3. The fourth-order valence-corrected chi connectivity index (χ4v) is 1.80. The molecule has 0 aliphatic rings. The van der Waals surface area contributed by atoms with Crippen molar-refractivity contribution in [3.63, 3.8) is 0 Å². The van der Waals surface area contributed by atoms with Gasteiger partial charge in [-0.05, 0) is 19.1 Å². The summed E-state index contributed by atoms with van der Waals surface area (Å²) in [7, 11) is 0. The van der Waals surface area contributed by atoms with Crippen LogP contribution in [-0.4, -0.2) is 38.0 Å². The second-order valence-corrected chi connectivity index (χ2v) is 4.53. The van der Waals surface area contributed by atoms with Gasteiger partial charge in [-0.3, -0.25) is 9.59 Å². The molecule has 2 aromatic heterocycles. The van der Waals surface area contributed by atoms with Crippen molar-refractivity contribution >= 4 is 11.9 Å². The van der Waals surface area contributed by atoms with Gasteiger partial charge in [0.25, 0.3) is 11.5 Å². The highest BCUT2D eigenvalue weighted by molar-refractivity contribution is 5.96. The lowest BCUT2D eigenvalue weighted by atomic mass is 10.1. The Kier molecular flexibility index (Phi) is 4.17. The van der Waals surface area contributed by atoms with Crippen LogP contribution in [0.25, 0.3) is 0 Å². The lowest BCUT2D eigenvalue weighted by molar-refractivity contribution is -0.139. The lowest BCUT2D eigenvalue weighted by Crippen LogP contribution is -2.44. The van der Waals surface area contributed by atoms with E-state index >= 15 is 0 Å². The van der Waals surface area contributed by atoms with E-state index in [1.165, 1.54) is 18.6 Å². The highest BCUT2D eigenvalue weighted by Gasteiger charge is 2.22. The van der Waals surface area contributed by atoms with Crippen molar-refractivity contribution in [2.45, 2.75) is 19.4 Å². The molecule has 0 saturated carbocycles. The third kappa shape index (κ3) is 3.56. The minimum Gasteiger partial charge on any atom is -0.480 e. The second kappa shape index (κ2) is 6.04. The van der Waals surface area contributed by atoms with Gasteiger partial charge in [0.1, 0.15) is 11.6 Å². The first-order valence-corrected chi connectivity index (χ1v) is 6.18. The molecule has 0 spiro atoms. The summed E-state index contributed by atoms with van der Waals surface area (Å²) in [6.45, 7) is 1.68. The first kappa shape index (κ1) is 14.5. The van der Waals surface area contributed by atoms with E-state index in [9.17, 15) is 14.4 Å². The van der Waals surface area contributed by atoms with Crippen LogP contribution >= 0.6 is 0 Å². The Morgan fingerprint density at radius 3 is 2.76 bits per heavy atom. The summed E-state index contributed by atoms with van der Waals surface area (Å²) < 4.78 is 0. The van der Waals surface area contributed by atoms with E-state index in [1.807, 2.05) is 0 Å². The maximum Gasteiger partial charge on any atom is 0.326 e. The minimum absolute atomic E-state index is 0.0465. The molecule has 0 aromatic carbocycles. The van der Waals surface area contributed by atoms with Crippen molar-refractivity contribution in [3.8, 4) is 0 Å². The van der Waals surface area contributed by atoms with E-state index < -0.39 is 23.5 Å². The zero-order valence-corrected chi connectivity index (χ0v) is 11.2. The maximum absolute atomic E-state index is 12.0. The van der Waals surface area contributed by atoms with Crippen LogP contribution in [0.1, 0.15) is 21.7 Å². The number of hydrogen-bond donors (Lipinski definition) is 4. The molecular weight excluding hydrogens is 276 g/mol. The summed E-state index contributed by atoms with van der Waals surface area (Å²) in [5.74, 6) is -1.93. The maximum atomic E-state index is 12.0. The van der Waals surface area contributed by atoms with E-state index in [-0.39, 0.29) is 12.0 Å². The third-order valence-corrected chi connectivity index (χ3v) is 2.88. The number of carboxylic acids is 1. The summed E-state index contributed by atoms with van der Waals surface area (Å²) in [5, 5.41) is 11.5. The molecule has 4 N–H and O–H groups in total. The van der Waals surface area contributed by atoms with Gasteiger partial charge in [-0.25, -0.2) is 9.78 Å². The Morgan fingerprint density at radius 1 is 1.43 bits per heavy atom. The normalized spacial score (nSPS) is 11.9. The first-order chi connectivity index (χ1) is 9.97. The molecule has 2 aromatic rings. The molecule has 8 nitrogen and oxygen atoms in total. The number of carbonyl (C=O) groups excluding carboxylic acids is 1. The first-order valence-electron chi connectivity index (χ1n) is 6.18. The Balaban J connectivity index is 2.14. The van der Waals surface area contributed by atoms with Crippen LogP contribution in [0.15, 0.2) is 29.5 Å². The van der Waals surface area contributed by atoms with Crippen LogP contribution in [0.5, 0.6) is 0 Å². The lowest BCUT2D eigenvalue weighted by Gasteiger charge is -2.13. The monoisotopic (exact) mass is 290 g/mol. The number of imidazole rings is 1. The Bertz CT molecular complexity index is 705. The van der Waals surface area contributed by atoms with Gasteiger partial charge in [0.05, 0.1) is 6.33 Å². The van der Waals surface area contributed by atoms with Crippen molar-refractivity contribution < 1.29 is 14.7 Å². The average Bonchev–Trinajstić information content (AvgIpc) is 2.90. The van der Waals surface area contributed by atoms with E-state index in [1.54, 1.807) is 13.0 Å². The third-order valence-electron chi connectivity index (χ3n) is 2.88. The van der Waals surface area contributed by atoms with E-state index in [4.69, 9.17) is 5.11 Å². The van der Waals surface area contributed by atoms with Gasteiger partial charge in [0, 0.05) is 24.0 Å². The number of nitrogens with zero attached hydrogens (tertiary/aromatic N) is 1. The predicted molar refractivity (Wildman–Crippen MR) is 73.0 cm³/mol. The largest absolute Gasteiger partial charge is 0.480 e. The smallest absolute Gasteiger partial charge is 0.326 e. The number of aromatic amines is 2. The summed E-state index contributed by atoms with van der Waals surface area (Å²) in [4.78, 5) is 43.9. The molecule has 0 aliphatic carbocycles. The molecule has 2 heterocycles. The molecular formula is C13H14N4O4.